The number of hydrogen-bond donors (Lipinski definition) is 1. The summed E-state index contributed by atoms with van der Waals surface area (Å²) in [4.78, 5) is 2.42. The first kappa shape index (κ1) is 12.7. The van der Waals surface area contributed by atoms with Crippen LogP contribution in [0.5, 0.6) is 0 Å². The summed E-state index contributed by atoms with van der Waals surface area (Å²) in [6.07, 6.45) is 7.07. The van der Waals surface area contributed by atoms with E-state index in [0.29, 0.717) is 12.6 Å². The van der Waals surface area contributed by atoms with Crippen molar-refractivity contribution >= 4 is 0 Å². The second-order valence-corrected chi connectivity index (χ2v) is 5.26. The summed E-state index contributed by atoms with van der Waals surface area (Å²) in [6, 6.07) is 4.83. The molecule has 1 aromatic heterocycles. The van der Waals surface area contributed by atoms with E-state index in [1.54, 1.807) is 6.26 Å². The van der Waals surface area contributed by atoms with Crippen molar-refractivity contribution in [1.29, 1.82) is 0 Å². The molecule has 3 unspecified atom stereocenters. The quantitative estimate of drug-likeness (QED) is 0.874. The van der Waals surface area contributed by atoms with Gasteiger partial charge in [0.15, 0.2) is 0 Å². The lowest BCUT2D eigenvalue weighted by molar-refractivity contribution is 0.0890. The first-order valence-electron chi connectivity index (χ1n) is 6.69. The second kappa shape index (κ2) is 5.69. The van der Waals surface area contributed by atoms with Crippen LogP contribution in [0.15, 0.2) is 22.8 Å². The molecule has 0 spiro atoms. The fraction of sp³-hybridized carbons (Fsp3) is 0.714. The van der Waals surface area contributed by atoms with E-state index < -0.39 is 0 Å². The molecule has 1 fully saturated rings. The Morgan fingerprint density at radius 1 is 1.47 bits per heavy atom. The van der Waals surface area contributed by atoms with Crippen LogP contribution < -0.4 is 5.73 Å². The summed E-state index contributed by atoms with van der Waals surface area (Å²) in [5, 5.41) is 0. The topological polar surface area (TPSA) is 42.4 Å². The van der Waals surface area contributed by atoms with Crippen LogP contribution in [0.1, 0.15) is 44.4 Å². The van der Waals surface area contributed by atoms with Crippen molar-refractivity contribution < 1.29 is 4.42 Å². The fourth-order valence-corrected chi connectivity index (χ4v) is 3.10. The molecule has 0 radical (unpaired) electrons. The van der Waals surface area contributed by atoms with E-state index in [0.717, 1.165) is 11.7 Å². The molecule has 2 rings (SSSR count). The van der Waals surface area contributed by atoms with Gasteiger partial charge < -0.3 is 10.2 Å². The Hall–Kier alpha value is -0.800. The van der Waals surface area contributed by atoms with Crippen LogP contribution in [-0.4, -0.2) is 24.5 Å². The van der Waals surface area contributed by atoms with E-state index in [9.17, 15) is 0 Å². The van der Waals surface area contributed by atoms with Crippen molar-refractivity contribution in [2.75, 3.05) is 13.6 Å². The number of furan rings is 1. The maximum atomic E-state index is 5.92. The number of hydrogen-bond acceptors (Lipinski definition) is 3. The standard InChI is InChI=1S/C14H24N2O/c1-11-6-3-4-7-12(11)16(2)13(10-15)14-8-5-9-17-14/h5,8-9,11-13H,3-4,6-7,10,15H2,1-2H3. The van der Waals surface area contributed by atoms with Crippen LogP contribution in [0.25, 0.3) is 0 Å². The Kier molecular flexibility index (Phi) is 4.24. The molecule has 0 saturated heterocycles. The maximum Gasteiger partial charge on any atom is 0.122 e. The van der Waals surface area contributed by atoms with Crippen LogP contribution in [0.2, 0.25) is 0 Å². The molecule has 3 atom stereocenters. The normalized spacial score (nSPS) is 27.3. The van der Waals surface area contributed by atoms with Gasteiger partial charge in [0.2, 0.25) is 0 Å². The van der Waals surface area contributed by atoms with Crippen molar-refractivity contribution in [3.05, 3.63) is 24.2 Å². The highest BCUT2D eigenvalue weighted by atomic mass is 16.3. The molecule has 1 aliphatic carbocycles. The lowest BCUT2D eigenvalue weighted by atomic mass is 9.84. The summed E-state index contributed by atoms with van der Waals surface area (Å²) in [5.41, 5.74) is 5.92. The minimum atomic E-state index is 0.218. The minimum absolute atomic E-state index is 0.218. The van der Waals surface area contributed by atoms with Crippen LogP contribution in [-0.2, 0) is 0 Å². The minimum Gasteiger partial charge on any atom is -0.468 e. The number of likely N-dealkylation sites (N-methyl/N-ethyl adjacent to an activating group) is 1. The zero-order valence-electron chi connectivity index (χ0n) is 10.9. The van der Waals surface area contributed by atoms with Gasteiger partial charge in [0, 0.05) is 12.6 Å². The molecule has 0 bridgehead atoms. The first-order chi connectivity index (χ1) is 8.24. The van der Waals surface area contributed by atoms with Crippen LogP contribution in [0.3, 0.4) is 0 Å². The third kappa shape index (κ3) is 2.72. The molecular formula is C14H24N2O. The van der Waals surface area contributed by atoms with Gasteiger partial charge in [-0.15, -0.1) is 0 Å². The van der Waals surface area contributed by atoms with Gasteiger partial charge in [-0.1, -0.05) is 19.8 Å². The highest BCUT2D eigenvalue weighted by molar-refractivity contribution is 5.06. The Labute approximate surface area is 104 Å². The van der Waals surface area contributed by atoms with E-state index in [1.165, 1.54) is 25.7 Å². The lowest BCUT2D eigenvalue weighted by Crippen LogP contribution is -2.43. The Balaban J connectivity index is 2.08. The average molecular weight is 236 g/mol. The molecule has 0 aromatic carbocycles. The lowest BCUT2D eigenvalue weighted by Gasteiger charge is -2.39. The molecule has 1 aliphatic rings. The van der Waals surface area contributed by atoms with Crippen molar-refractivity contribution in [3.63, 3.8) is 0 Å². The molecule has 96 valence electrons. The predicted octanol–water partition coefficient (Wildman–Crippen LogP) is 2.79. The van der Waals surface area contributed by atoms with E-state index in [4.69, 9.17) is 10.2 Å². The zero-order chi connectivity index (χ0) is 12.3. The van der Waals surface area contributed by atoms with Gasteiger partial charge >= 0.3 is 0 Å². The third-order valence-electron chi connectivity index (χ3n) is 4.18. The van der Waals surface area contributed by atoms with Crippen molar-refractivity contribution in [2.24, 2.45) is 11.7 Å². The Morgan fingerprint density at radius 2 is 2.24 bits per heavy atom. The van der Waals surface area contributed by atoms with Gasteiger partial charge in [0.05, 0.1) is 12.3 Å². The van der Waals surface area contributed by atoms with E-state index in [2.05, 4.69) is 18.9 Å². The van der Waals surface area contributed by atoms with Gasteiger partial charge in [-0.3, -0.25) is 4.90 Å². The predicted molar refractivity (Wildman–Crippen MR) is 69.7 cm³/mol. The first-order valence-corrected chi connectivity index (χ1v) is 6.69. The Morgan fingerprint density at radius 3 is 2.82 bits per heavy atom. The second-order valence-electron chi connectivity index (χ2n) is 5.26. The smallest absolute Gasteiger partial charge is 0.122 e. The van der Waals surface area contributed by atoms with Gasteiger partial charge in [-0.25, -0.2) is 0 Å². The number of rotatable bonds is 4. The zero-order valence-corrected chi connectivity index (χ0v) is 10.9. The number of nitrogens with zero attached hydrogens (tertiary/aromatic N) is 1. The molecular weight excluding hydrogens is 212 g/mol. The molecule has 0 amide bonds. The molecule has 1 heterocycles. The van der Waals surface area contributed by atoms with Crippen LogP contribution in [0, 0.1) is 5.92 Å². The molecule has 0 aliphatic heterocycles. The van der Waals surface area contributed by atoms with Gasteiger partial charge in [0.25, 0.3) is 0 Å². The molecule has 1 saturated carbocycles. The summed E-state index contributed by atoms with van der Waals surface area (Å²) >= 11 is 0. The maximum absolute atomic E-state index is 5.92. The largest absolute Gasteiger partial charge is 0.468 e. The fourth-order valence-electron chi connectivity index (χ4n) is 3.10. The van der Waals surface area contributed by atoms with Crippen LogP contribution >= 0.6 is 0 Å². The van der Waals surface area contributed by atoms with E-state index >= 15 is 0 Å². The van der Waals surface area contributed by atoms with Crippen molar-refractivity contribution in [1.82, 2.24) is 4.90 Å². The molecule has 1 aromatic rings. The van der Waals surface area contributed by atoms with Gasteiger partial charge in [-0.2, -0.15) is 0 Å². The summed E-state index contributed by atoms with van der Waals surface area (Å²) in [7, 11) is 2.19. The summed E-state index contributed by atoms with van der Waals surface area (Å²) in [6.45, 7) is 2.98. The molecule has 2 N–H and O–H groups in total. The van der Waals surface area contributed by atoms with Crippen molar-refractivity contribution in [2.45, 2.75) is 44.7 Å². The SMILES string of the molecule is CC1CCCCC1N(C)C(CN)c1ccco1. The van der Waals surface area contributed by atoms with E-state index in [1.807, 2.05) is 12.1 Å². The molecule has 17 heavy (non-hydrogen) atoms. The molecule has 3 heteroatoms. The van der Waals surface area contributed by atoms with Crippen LogP contribution in [0.4, 0.5) is 0 Å². The van der Waals surface area contributed by atoms with Crippen molar-refractivity contribution in [3.8, 4) is 0 Å². The Bertz CT molecular complexity index is 323. The highest BCUT2D eigenvalue weighted by Crippen LogP contribution is 2.32. The van der Waals surface area contributed by atoms with Gasteiger partial charge in [-0.05, 0) is 37.9 Å². The third-order valence-corrected chi connectivity index (χ3v) is 4.18. The summed E-state index contributed by atoms with van der Waals surface area (Å²) in [5.74, 6) is 1.76. The average Bonchev–Trinajstić information content (AvgIpc) is 2.84. The monoisotopic (exact) mass is 236 g/mol. The molecule has 3 nitrogen and oxygen atoms in total. The summed E-state index contributed by atoms with van der Waals surface area (Å²) < 4.78 is 5.51. The van der Waals surface area contributed by atoms with Gasteiger partial charge in [0.1, 0.15) is 5.76 Å². The highest BCUT2D eigenvalue weighted by Gasteiger charge is 2.30. The van der Waals surface area contributed by atoms with E-state index in [-0.39, 0.29) is 6.04 Å². The number of nitrogens with two attached hydrogens (primary N) is 1.